The molecule has 0 aliphatic heterocycles. The van der Waals surface area contributed by atoms with E-state index in [1.807, 2.05) is 0 Å². The molecule has 0 spiro atoms. The lowest BCUT2D eigenvalue weighted by atomic mass is 9.89. The van der Waals surface area contributed by atoms with Crippen molar-refractivity contribution >= 4 is 39.2 Å². The van der Waals surface area contributed by atoms with Crippen molar-refractivity contribution in [2.45, 2.75) is 51.1 Å². The van der Waals surface area contributed by atoms with Crippen LogP contribution in [0.1, 0.15) is 43.6 Å². The number of carbonyl (C=O) groups excluding carboxylic acids is 1. The molecule has 0 saturated carbocycles. The van der Waals surface area contributed by atoms with Crippen molar-refractivity contribution in [3.05, 3.63) is 20.8 Å². The topological polar surface area (TPSA) is 74.8 Å². The summed E-state index contributed by atoms with van der Waals surface area (Å²) in [5.74, 6) is 0.932. The third-order valence-corrected chi connectivity index (χ3v) is 6.36. The number of hydrogen-bond donors (Lipinski definition) is 2. The van der Waals surface area contributed by atoms with Gasteiger partial charge < -0.3 is 10.3 Å². The number of nitrogens with one attached hydrogen (secondary N) is 2. The van der Waals surface area contributed by atoms with Crippen LogP contribution >= 0.6 is 23.1 Å². The van der Waals surface area contributed by atoms with Crippen molar-refractivity contribution in [3.63, 3.8) is 0 Å². The summed E-state index contributed by atoms with van der Waals surface area (Å²) in [5, 5.41) is 4.17. The molecule has 0 aromatic carbocycles. The minimum Gasteiger partial charge on any atom is -0.355 e. The van der Waals surface area contributed by atoms with E-state index in [4.69, 9.17) is 0 Å². The summed E-state index contributed by atoms with van der Waals surface area (Å²) in [5.41, 5.74) is 1.12. The molecule has 7 heteroatoms. The average molecular weight is 366 g/mol. The molecule has 5 nitrogen and oxygen atoms in total. The molecule has 1 aliphatic carbocycles. The Hall–Kier alpha value is -1.34. The van der Waals surface area contributed by atoms with Crippen LogP contribution in [-0.2, 0) is 17.6 Å². The maximum Gasteiger partial charge on any atom is 0.260 e. The number of unbranched alkanes of at least 4 members (excludes halogenated alkanes) is 1. The molecule has 2 heterocycles. The fourth-order valence-corrected chi connectivity index (χ4v) is 5.12. The van der Waals surface area contributed by atoms with Crippen LogP contribution in [-0.4, -0.2) is 28.2 Å². The van der Waals surface area contributed by atoms with E-state index >= 15 is 0 Å². The van der Waals surface area contributed by atoms with Crippen LogP contribution in [0.5, 0.6) is 0 Å². The van der Waals surface area contributed by atoms with Crippen molar-refractivity contribution in [2.24, 2.45) is 5.92 Å². The Kier molecular flexibility index (Phi) is 5.61. The monoisotopic (exact) mass is 365 g/mol. The summed E-state index contributed by atoms with van der Waals surface area (Å²) >= 11 is 2.93. The van der Waals surface area contributed by atoms with Crippen LogP contribution in [0.4, 0.5) is 0 Å². The fourth-order valence-electron chi connectivity index (χ4n) is 2.99. The Balaban J connectivity index is 1.74. The van der Waals surface area contributed by atoms with Gasteiger partial charge in [-0.1, -0.05) is 32.0 Å². The third kappa shape index (κ3) is 3.83. The SMILES string of the molecule is CCCCNC(=O)CSc1nc2sc3c(c2c(=O)[nH]1)CC[C@H](C)C3. The molecular formula is C17H23N3O2S2. The minimum atomic E-state index is -0.0686. The molecule has 1 amide bonds. The van der Waals surface area contributed by atoms with Crippen LogP contribution in [0.25, 0.3) is 10.2 Å². The first-order chi connectivity index (χ1) is 11.6. The maximum atomic E-state index is 12.5. The number of amides is 1. The summed E-state index contributed by atoms with van der Waals surface area (Å²) in [6, 6.07) is 0. The number of rotatable bonds is 6. The first kappa shape index (κ1) is 17.5. The number of thioether (sulfide) groups is 1. The predicted molar refractivity (Wildman–Crippen MR) is 100 cm³/mol. The number of hydrogen-bond acceptors (Lipinski definition) is 5. The van der Waals surface area contributed by atoms with Crippen LogP contribution in [0.2, 0.25) is 0 Å². The Morgan fingerprint density at radius 3 is 3.12 bits per heavy atom. The van der Waals surface area contributed by atoms with Gasteiger partial charge in [-0.25, -0.2) is 4.98 Å². The van der Waals surface area contributed by atoms with Crippen LogP contribution in [0, 0.1) is 5.92 Å². The van der Waals surface area contributed by atoms with Crippen molar-refractivity contribution in [1.29, 1.82) is 0 Å². The summed E-state index contributed by atoms with van der Waals surface area (Å²) < 4.78 is 0. The van der Waals surface area contributed by atoms with E-state index < -0.39 is 0 Å². The van der Waals surface area contributed by atoms with Gasteiger partial charge in [0.2, 0.25) is 5.91 Å². The highest BCUT2D eigenvalue weighted by Gasteiger charge is 2.23. The zero-order chi connectivity index (χ0) is 17.1. The largest absolute Gasteiger partial charge is 0.355 e. The van der Waals surface area contributed by atoms with Gasteiger partial charge in [0.15, 0.2) is 5.16 Å². The van der Waals surface area contributed by atoms with Crippen LogP contribution in [0.15, 0.2) is 9.95 Å². The summed E-state index contributed by atoms with van der Waals surface area (Å²) in [4.78, 5) is 33.8. The Labute approximate surface area is 149 Å². The second kappa shape index (κ2) is 7.70. The average Bonchev–Trinajstić information content (AvgIpc) is 2.90. The fraction of sp³-hybridized carbons (Fsp3) is 0.588. The van der Waals surface area contributed by atoms with Gasteiger partial charge in [0, 0.05) is 11.4 Å². The van der Waals surface area contributed by atoms with Gasteiger partial charge in [-0.3, -0.25) is 9.59 Å². The van der Waals surface area contributed by atoms with Crippen LogP contribution < -0.4 is 10.9 Å². The minimum absolute atomic E-state index is 0.0181. The molecule has 3 rings (SSSR count). The second-order valence-corrected chi connectivity index (χ2v) is 8.44. The van der Waals surface area contributed by atoms with E-state index in [2.05, 4.69) is 29.1 Å². The van der Waals surface area contributed by atoms with E-state index in [1.165, 1.54) is 22.2 Å². The highest BCUT2D eigenvalue weighted by Crippen LogP contribution is 2.36. The van der Waals surface area contributed by atoms with Gasteiger partial charge in [-0.15, -0.1) is 11.3 Å². The Morgan fingerprint density at radius 1 is 1.50 bits per heavy atom. The quantitative estimate of drug-likeness (QED) is 0.468. The molecule has 2 aromatic rings. The first-order valence-corrected chi connectivity index (χ1v) is 10.3. The molecule has 0 saturated heterocycles. The van der Waals surface area contributed by atoms with E-state index in [9.17, 15) is 9.59 Å². The molecule has 1 aliphatic rings. The number of nitrogens with zero attached hydrogens (tertiary/aromatic N) is 1. The standard InChI is InChI=1S/C17H23N3O2S2/c1-3-4-7-18-13(21)9-23-17-19-15(22)14-11-6-5-10(2)8-12(11)24-16(14)20-17/h10H,3-9H2,1-2H3,(H,18,21)(H,19,20,22)/t10-/m0/s1. The van der Waals surface area contributed by atoms with E-state index in [0.29, 0.717) is 17.6 Å². The number of aryl methyl sites for hydroxylation is 1. The zero-order valence-electron chi connectivity index (χ0n) is 14.1. The van der Waals surface area contributed by atoms with Gasteiger partial charge >= 0.3 is 0 Å². The summed E-state index contributed by atoms with van der Waals surface area (Å²) in [6.45, 7) is 5.05. The lowest BCUT2D eigenvalue weighted by molar-refractivity contribution is -0.118. The summed E-state index contributed by atoms with van der Waals surface area (Å²) in [6.07, 6.45) is 5.18. The maximum absolute atomic E-state index is 12.5. The van der Waals surface area contributed by atoms with E-state index in [1.54, 1.807) is 11.3 Å². The van der Waals surface area contributed by atoms with Gasteiger partial charge in [0.05, 0.1) is 11.1 Å². The highest BCUT2D eigenvalue weighted by atomic mass is 32.2. The number of carbonyl (C=O) groups is 1. The Bertz CT molecular complexity index is 797. The molecule has 24 heavy (non-hydrogen) atoms. The molecule has 0 bridgehead atoms. The highest BCUT2D eigenvalue weighted by molar-refractivity contribution is 7.99. The van der Waals surface area contributed by atoms with Gasteiger partial charge in [0.25, 0.3) is 5.56 Å². The predicted octanol–water partition coefficient (Wildman–Crippen LogP) is 3.12. The smallest absolute Gasteiger partial charge is 0.260 e. The molecule has 130 valence electrons. The van der Waals surface area contributed by atoms with Gasteiger partial charge in [-0.2, -0.15) is 0 Å². The molecule has 0 unspecified atom stereocenters. The molecule has 2 aromatic heterocycles. The van der Waals surface area contributed by atoms with Crippen molar-refractivity contribution in [3.8, 4) is 0 Å². The van der Waals surface area contributed by atoms with E-state index in [0.717, 1.165) is 42.3 Å². The van der Waals surface area contributed by atoms with Gasteiger partial charge in [-0.05, 0) is 37.2 Å². The lowest BCUT2D eigenvalue weighted by Gasteiger charge is -2.17. The number of aromatic amines is 1. The van der Waals surface area contributed by atoms with Gasteiger partial charge in [0.1, 0.15) is 4.83 Å². The summed E-state index contributed by atoms with van der Waals surface area (Å²) in [7, 11) is 0. The first-order valence-electron chi connectivity index (χ1n) is 8.52. The van der Waals surface area contributed by atoms with Crippen LogP contribution in [0.3, 0.4) is 0 Å². The second-order valence-electron chi connectivity index (χ2n) is 6.40. The molecule has 0 radical (unpaired) electrons. The van der Waals surface area contributed by atoms with E-state index in [-0.39, 0.29) is 17.2 Å². The molecule has 1 atom stereocenters. The number of thiophene rings is 1. The number of H-pyrrole nitrogens is 1. The normalized spacial score (nSPS) is 17.0. The Morgan fingerprint density at radius 2 is 2.33 bits per heavy atom. The third-order valence-electron chi connectivity index (χ3n) is 4.34. The van der Waals surface area contributed by atoms with Crippen molar-refractivity contribution in [1.82, 2.24) is 15.3 Å². The lowest BCUT2D eigenvalue weighted by Crippen LogP contribution is -2.26. The zero-order valence-corrected chi connectivity index (χ0v) is 15.7. The van der Waals surface area contributed by atoms with Crippen molar-refractivity contribution < 1.29 is 4.79 Å². The molecule has 0 fully saturated rings. The molecular weight excluding hydrogens is 342 g/mol. The number of aromatic nitrogens is 2. The van der Waals surface area contributed by atoms with Crippen molar-refractivity contribution in [2.75, 3.05) is 12.3 Å². The number of fused-ring (bicyclic) bond motifs is 3. The molecule has 2 N–H and O–H groups in total.